The number of anilines is 2. The first-order valence-corrected chi connectivity index (χ1v) is 12.4. The second-order valence-electron chi connectivity index (χ2n) is 9.68. The van der Waals surface area contributed by atoms with Crippen LogP contribution in [0, 0.1) is 26.0 Å². The summed E-state index contributed by atoms with van der Waals surface area (Å²) in [6.07, 6.45) is 0.793. The van der Waals surface area contributed by atoms with E-state index in [0.29, 0.717) is 22.6 Å². The average Bonchev–Trinajstić information content (AvgIpc) is 3.36. The Balaban J connectivity index is 1.53. The van der Waals surface area contributed by atoms with Crippen molar-refractivity contribution in [3.05, 3.63) is 114 Å². The normalized spacial score (nSPS) is 12.3. The number of hydrogen-bond acceptors (Lipinski definition) is 7. The Hall–Kier alpha value is -4.60. The third kappa shape index (κ3) is 4.84. The molecule has 0 aliphatic carbocycles. The van der Waals surface area contributed by atoms with Crippen LogP contribution in [0.25, 0.3) is 0 Å². The van der Waals surface area contributed by atoms with Gasteiger partial charge in [-0.15, -0.1) is 0 Å². The fraction of sp³-hybridized carbons (Fsp3) is 0.286. The summed E-state index contributed by atoms with van der Waals surface area (Å²) >= 11 is 0. The van der Waals surface area contributed by atoms with Crippen molar-refractivity contribution in [1.82, 2.24) is 14.1 Å². The molecule has 4 aromatic rings. The first-order valence-electron chi connectivity index (χ1n) is 12.4. The zero-order valence-electron chi connectivity index (χ0n) is 21.7. The molecule has 0 spiro atoms. The van der Waals surface area contributed by atoms with Crippen LogP contribution in [0.4, 0.5) is 11.8 Å². The topological polar surface area (TPSA) is 131 Å². The fourth-order valence-electron chi connectivity index (χ4n) is 4.71. The molecule has 5 rings (SSSR count). The molecule has 0 amide bonds. The highest BCUT2D eigenvalue weighted by atomic mass is 16.5. The number of hydrogen-bond donors (Lipinski definition) is 2. The zero-order valence-corrected chi connectivity index (χ0v) is 21.7. The minimum absolute atomic E-state index is 0.0661. The molecule has 10 heteroatoms. The van der Waals surface area contributed by atoms with Gasteiger partial charge in [0.05, 0.1) is 31.8 Å². The van der Waals surface area contributed by atoms with Gasteiger partial charge in [-0.25, -0.2) is 18.9 Å². The van der Waals surface area contributed by atoms with Gasteiger partial charge >= 0.3 is 11.4 Å². The molecular weight excluding hydrogens is 484 g/mol. The Kier molecular flexibility index (Phi) is 6.62. The molecule has 3 N–H and O–H groups in total. The first kappa shape index (κ1) is 25.1. The molecule has 2 aromatic carbocycles. The number of rotatable bonds is 7. The molecule has 196 valence electrons. The van der Waals surface area contributed by atoms with Crippen molar-refractivity contribution in [2.75, 3.05) is 17.7 Å². The van der Waals surface area contributed by atoms with E-state index in [1.807, 2.05) is 56.3 Å². The molecule has 0 bridgehead atoms. The molecule has 0 atom stereocenters. The molecule has 0 unspecified atom stereocenters. The quantitative estimate of drug-likeness (QED) is 0.285. The SMILES string of the molecule is Cc1ccc(Cn2c(NCc3c(C)cc(C)[n+]([O-])c3N)nc(=O)n(Cc3ccc4c(c3)CCO4)c2=O)cc1. The first-order chi connectivity index (χ1) is 18.2. The van der Waals surface area contributed by atoms with Gasteiger partial charge in [-0.1, -0.05) is 42.0 Å². The van der Waals surface area contributed by atoms with E-state index in [-0.39, 0.29) is 31.4 Å². The number of benzene rings is 2. The maximum absolute atomic E-state index is 13.7. The van der Waals surface area contributed by atoms with Gasteiger partial charge in [0.1, 0.15) is 11.4 Å². The molecule has 10 nitrogen and oxygen atoms in total. The summed E-state index contributed by atoms with van der Waals surface area (Å²) in [6, 6.07) is 15.2. The third-order valence-corrected chi connectivity index (χ3v) is 6.88. The Bertz CT molecular complexity index is 1640. The van der Waals surface area contributed by atoms with Gasteiger partial charge in [0.2, 0.25) is 5.95 Å². The van der Waals surface area contributed by atoms with Crippen LogP contribution in [-0.4, -0.2) is 20.7 Å². The Morgan fingerprint density at radius 2 is 1.74 bits per heavy atom. The Morgan fingerprint density at radius 1 is 1.03 bits per heavy atom. The molecule has 1 aliphatic rings. The summed E-state index contributed by atoms with van der Waals surface area (Å²) in [6.45, 7) is 6.57. The van der Waals surface area contributed by atoms with Crippen LogP contribution in [0.5, 0.6) is 5.75 Å². The third-order valence-electron chi connectivity index (χ3n) is 6.88. The molecule has 0 saturated carbocycles. The predicted molar refractivity (Wildman–Crippen MR) is 144 cm³/mol. The standard InChI is InChI=1S/C28H30N6O4/c1-17-4-6-20(7-5-17)15-32-26(30-14-23-18(2)12-19(3)34(37)25(23)29)31-27(35)33(28(32)36)16-21-8-9-24-22(13-21)10-11-38-24/h4-9,12-13H,10-11,14-16,29H2,1-3H3,(H,30,31,35). The van der Waals surface area contributed by atoms with Crippen LogP contribution in [0.15, 0.2) is 58.1 Å². The summed E-state index contributed by atoms with van der Waals surface area (Å²) in [5.74, 6) is 1.01. The molecule has 38 heavy (non-hydrogen) atoms. The van der Waals surface area contributed by atoms with Gasteiger partial charge in [-0.3, -0.25) is 10.3 Å². The number of nitrogen functional groups attached to an aromatic ring is 1. The van der Waals surface area contributed by atoms with E-state index < -0.39 is 11.4 Å². The number of nitrogens with two attached hydrogens (primary N) is 1. The van der Waals surface area contributed by atoms with Crippen LogP contribution >= 0.6 is 0 Å². The maximum Gasteiger partial charge on any atom is 0.355 e. The van der Waals surface area contributed by atoms with E-state index in [9.17, 15) is 14.8 Å². The number of aromatic nitrogens is 4. The molecule has 0 saturated heterocycles. The second kappa shape index (κ2) is 10.0. The summed E-state index contributed by atoms with van der Waals surface area (Å²) in [4.78, 5) is 31.0. The summed E-state index contributed by atoms with van der Waals surface area (Å²) in [7, 11) is 0. The monoisotopic (exact) mass is 514 g/mol. The van der Waals surface area contributed by atoms with E-state index in [0.717, 1.165) is 44.6 Å². The molecule has 3 heterocycles. The molecular formula is C28H30N6O4. The molecule has 0 fully saturated rings. The zero-order chi connectivity index (χ0) is 27.0. The van der Waals surface area contributed by atoms with E-state index in [4.69, 9.17) is 10.5 Å². The number of ether oxygens (including phenoxy) is 1. The highest BCUT2D eigenvalue weighted by Gasteiger charge is 2.18. The number of pyridine rings is 1. The van der Waals surface area contributed by atoms with Crippen molar-refractivity contribution in [3.63, 3.8) is 0 Å². The van der Waals surface area contributed by atoms with Crippen molar-refractivity contribution in [1.29, 1.82) is 0 Å². The van der Waals surface area contributed by atoms with Crippen LogP contribution in [-0.2, 0) is 26.1 Å². The van der Waals surface area contributed by atoms with Crippen molar-refractivity contribution >= 4 is 11.8 Å². The number of nitrogens with zero attached hydrogens (tertiary/aromatic N) is 4. The van der Waals surface area contributed by atoms with Crippen LogP contribution in [0.2, 0.25) is 0 Å². The maximum atomic E-state index is 13.7. The van der Waals surface area contributed by atoms with Crippen LogP contribution in [0.1, 0.15) is 39.1 Å². The number of fused-ring (bicyclic) bond motifs is 1. The lowest BCUT2D eigenvalue weighted by atomic mass is 10.1. The van der Waals surface area contributed by atoms with Crippen molar-refractivity contribution < 1.29 is 9.47 Å². The van der Waals surface area contributed by atoms with Crippen LogP contribution in [0.3, 0.4) is 0 Å². The summed E-state index contributed by atoms with van der Waals surface area (Å²) < 4.78 is 8.80. The van der Waals surface area contributed by atoms with Crippen molar-refractivity contribution in [2.24, 2.45) is 0 Å². The average molecular weight is 515 g/mol. The van der Waals surface area contributed by atoms with Crippen molar-refractivity contribution in [3.8, 4) is 5.75 Å². The van der Waals surface area contributed by atoms with E-state index in [1.54, 1.807) is 13.0 Å². The highest BCUT2D eigenvalue weighted by Crippen LogP contribution is 2.26. The van der Waals surface area contributed by atoms with Gasteiger partial charge in [-0.2, -0.15) is 4.98 Å². The van der Waals surface area contributed by atoms with Gasteiger partial charge in [0.15, 0.2) is 0 Å². The summed E-state index contributed by atoms with van der Waals surface area (Å²) in [5, 5.41) is 15.4. The van der Waals surface area contributed by atoms with Crippen LogP contribution < -0.4 is 31.9 Å². The minimum atomic E-state index is -0.665. The molecule has 0 radical (unpaired) electrons. The smallest absolute Gasteiger partial charge is 0.355 e. The fourth-order valence-corrected chi connectivity index (χ4v) is 4.71. The Labute approximate surface area is 219 Å². The number of aryl methyl sites for hydroxylation is 3. The minimum Gasteiger partial charge on any atom is -0.710 e. The predicted octanol–water partition coefficient (Wildman–Crippen LogP) is 2.19. The summed E-state index contributed by atoms with van der Waals surface area (Å²) in [5.41, 5.74) is 10.7. The highest BCUT2D eigenvalue weighted by molar-refractivity contribution is 5.44. The van der Waals surface area contributed by atoms with Gasteiger partial charge in [0.25, 0.3) is 5.82 Å². The van der Waals surface area contributed by atoms with Crippen molar-refractivity contribution in [2.45, 2.75) is 46.8 Å². The largest absolute Gasteiger partial charge is 0.710 e. The second-order valence-corrected chi connectivity index (χ2v) is 9.68. The number of nitrogens with one attached hydrogen (secondary N) is 1. The van der Waals surface area contributed by atoms with E-state index >= 15 is 0 Å². The lowest BCUT2D eigenvalue weighted by molar-refractivity contribution is -0.597. The lowest BCUT2D eigenvalue weighted by Gasteiger charge is -2.18. The lowest BCUT2D eigenvalue weighted by Crippen LogP contribution is -2.43. The Morgan fingerprint density at radius 3 is 2.50 bits per heavy atom. The molecule has 2 aromatic heterocycles. The molecule has 1 aliphatic heterocycles. The van der Waals surface area contributed by atoms with E-state index in [1.165, 1.54) is 4.57 Å². The van der Waals surface area contributed by atoms with Gasteiger partial charge in [-0.05, 0) is 55.2 Å². The van der Waals surface area contributed by atoms with Gasteiger partial charge < -0.3 is 15.3 Å². The van der Waals surface area contributed by atoms with Gasteiger partial charge in [0, 0.05) is 6.42 Å². The van der Waals surface area contributed by atoms with E-state index in [2.05, 4.69) is 10.3 Å².